The van der Waals surface area contributed by atoms with E-state index in [1.54, 1.807) is 0 Å². The maximum Gasteiger partial charge on any atom is 0.407 e. The third-order valence-corrected chi connectivity index (χ3v) is 3.89. The van der Waals surface area contributed by atoms with Crippen LogP contribution in [-0.2, 0) is 11.3 Å². The molecule has 0 aliphatic rings. The number of amides is 1. The molecule has 0 radical (unpaired) electrons. The van der Waals surface area contributed by atoms with Gasteiger partial charge < -0.3 is 10.1 Å². The molecule has 0 heterocycles. The Morgan fingerprint density at radius 2 is 2.00 bits per heavy atom. The van der Waals surface area contributed by atoms with E-state index in [0.717, 1.165) is 18.4 Å². The van der Waals surface area contributed by atoms with Crippen LogP contribution in [0.15, 0.2) is 43.0 Å². The van der Waals surface area contributed by atoms with Gasteiger partial charge in [0, 0.05) is 6.04 Å². The average Bonchev–Trinajstić information content (AvgIpc) is 2.56. The Bertz CT molecular complexity index is 430. The van der Waals surface area contributed by atoms with E-state index in [0.29, 0.717) is 6.61 Å². The SMILES string of the molecule is C=C[C@@H](C)[C@@H](CCCCCC)NC(=O)OCc1ccccc1. The molecule has 0 aromatic heterocycles. The highest BCUT2D eigenvalue weighted by molar-refractivity contribution is 5.67. The van der Waals surface area contributed by atoms with Crippen LogP contribution in [0.5, 0.6) is 0 Å². The first kappa shape index (κ1) is 18.3. The summed E-state index contributed by atoms with van der Waals surface area (Å²) in [6.07, 6.45) is 7.29. The molecule has 0 spiro atoms. The number of unbranched alkanes of at least 4 members (excludes halogenated alkanes) is 3. The minimum Gasteiger partial charge on any atom is -0.445 e. The van der Waals surface area contributed by atoms with E-state index in [9.17, 15) is 4.79 Å². The zero-order valence-electron chi connectivity index (χ0n) is 13.9. The molecule has 2 atom stereocenters. The minimum absolute atomic E-state index is 0.0950. The van der Waals surface area contributed by atoms with E-state index in [2.05, 4.69) is 25.7 Å². The van der Waals surface area contributed by atoms with Gasteiger partial charge in [-0.3, -0.25) is 0 Å². The van der Waals surface area contributed by atoms with Gasteiger partial charge in [0.1, 0.15) is 6.61 Å². The highest BCUT2D eigenvalue weighted by Crippen LogP contribution is 2.14. The molecule has 1 N–H and O–H groups in total. The Balaban J connectivity index is 2.39. The fourth-order valence-corrected chi connectivity index (χ4v) is 2.34. The van der Waals surface area contributed by atoms with E-state index >= 15 is 0 Å². The van der Waals surface area contributed by atoms with Gasteiger partial charge in [0.05, 0.1) is 0 Å². The lowest BCUT2D eigenvalue weighted by Gasteiger charge is -2.22. The van der Waals surface area contributed by atoms with E-state index in [1.807, 2.05) is 36.4 Å². The van der Waals surface area contributed by atoms with Crippen LogP contribution in [0.1, 0.15) is 51.5 Å². The van der Waals surface area contributed by atoms with Gasteiger partial charge in [-0.1, -0.05) is 75.9 Å². The highest BCUT2D eigenvalue weighted by atomic mass is 16.5. The molecule has 1 rings (SSSR count). The number of carbonyl (C=O) groups is 1. The second-order valence-electron chi connectivity index (χ2n) is 5.76. The van der Waals surface area contributed by atoms with Gasteiger partial charge in [-0.05, 0) is 17.9 Å². The van der Waals surface area contributed by atoms with Crippen molar-refractivity contribution in [3.05, 3.63) is 48.6 Å². The van der Waals surface area contributed by atoms with Crippen LogP contribution in [0.3, 0.4) is 0 Å². The predicted octanol–water partition coefficient (Wildman–Crippen LogP) is 5.07. The van der Waals surface area contributed by atoms with E-state index < -0.39 is 0 Å². The molecule has 0 bridgehead atoms. The third kappa shape index (κ3) is 7.30. The van der Waals surface area contributed by atoms with Gasteiger partial charge >= 0.3 is 6.09 Å². The number of carbonyl (C=O) groups excluding carboxylic acids is 1. The van der Waals surface area contributed by atoms with Crippen molar-refractivity contribution in [3.8, 4) is 0 Å². The molecule has 3 nitrogen and oxygen atoms in total. The molecule has 22 heavy (non-hydrogen) atoms. The molecule has 0 unspecified atom stereocenters. The van der Waals surface area contributed by atoms with Gasteiger partial charge in [-0.2, -0.15) is 0 Å². The summed E-state index contributed by atoms with van der Waals surface area (Å²) in [6, 6.07) is 9.81. The number of ether oxygens (including phenoxy) is 1. The minimum atomic E-state index is -0.349. The molecule has 0 fully saturated rings. The third-order valence-electron chi connectivity index (χ3n) is 3.89. The largest absolute Gasteiger partial charge is 0.445 e. The normalized spacial score (nSPS) is 13.2. The van der Waals surface area contributed by atoms with Gasteiger partial charge in [0.15, 0.2) is 0 Å². The number of hydrogen-bond donors (Lipinski definition) is 1. The number of rotatable bonds is 10. The molecule has 0 aliphatic carbocycles. The molecular weight excluding hydrogens is 274 g/mol. The summed E-state index contributed by atoms with van der Waals surface area (Å²) >= 11 is 0. The first-order valence-electron chi connectivity index (χ1n) is 8.27. The van der Waals surface area contributed by atoms with Gasteiger partial charge in [0.2, 0.25) is 0 Å². The van der Waals surface area contributed by atoms with Gasteiger partial charge in [-0.25, -0.2) is 4.79 Å². The van der Waals surface area contributed by atoms with E-state index in [1.165, 1.54) is 19.3 Å². The molecular formula is C19H29NO2. The number of hydrogen-bond acceptors (Lipinski definition) is 2. The predicted molar refractivity (Wildman–Crippen MR) is 91.7 cm³/mol. The zero-order chi connectivity index (χ0) is 16.2. The van der Waals surface area contributed by atoms with Crippen molar-refractivity contribution in [2.24, 2.45) is 5.92 Å². The number of benzene rings is 1. The summed E-state index contributed by atoms with van der Waals surface area (Å²) in [6.45, 7) is 8.41. The summed E-state index contributed by atoms with van der Waals surface area (Å²) in [4.78, 5) is 12.0. The van der Waals surface area contributed by atoms with Crippen molar-refractivity contribution in [2.75, 3.05) is 0 Å². The first-order valence-corrected chi connectivity index (χ1v) is 8.27. The van der Waals surface area contributed by atoms with Crippen molar-refractivity contribution >= 4 is 6.09 Å². The molecule has 3 heteroatoms. The average molecular weight is 303 g/mol. The Morgan fingerprint density at radius 1 is 1.27 bits per heavy atom. The fourth-order valence-electron chi connectivity index (χ4n) is 2.34. The summed E-state index contributed by atoms with van der Waals surface area (Å²) in [5, 5.41) is 2.98. The van der Waals surface area contributed by atoms with Crippen LogP contribution in [0, 0.1) is 5.92 Å². The number of nitrogens with one attached hydrogen (secondary N) is 1. The van der Waals surface area contributed by atoms with Gasteiger partial charge in [-0.15, -0.1) is 6.58 Å². The van der Waals surface area contributed by atoms with E-state index in [4.69, 9.17) is 4.74 Å². The molecule has 1 amide bonds. The lowest BCUT2D eigenvalue weighted by molar-refractivity contribution is 0.132. The van der Waals surface area contributed by atoms with Crippen molar-refractivity contribution in [2.45, 2.75) is 58.6 Å². The maximum absolute atomic E-state index is 12.0. The lowest BCUT2D eigenvalue weighted by atomic mass is 9.96. The summed E-state index contributed by atoms with van der Waals surface area (Å²) in [5.41, 5.74) is 0.994. The van der Waals surface area contributed by atoms with E-state index in [-0.39, 0.29) is 18.1 Å². The topological polar surface area (TPSA) is 38.3 Å². The second-order valence-corrected chi connectivity index (χ2v) is 5.76. The Hall–Kier alpha value is -1.77. The molecule has 0 aliphatic heterocycles. The first-order chi connectivity index (χ1) is 10.7. The molecule has 1 aromatic carbocycles. The van der Waals surface area contributed by atoms with Crippen LogP contribution >= 0.6 is 0 Å². The number of alkyl carbamates (subject to hydrolysis) is 1. The Labute approximate surface area is 134 Å². The van der Waals surface area contributed by atoms with Crippen molar-refractivity contribution < 1.29 is 9.53 Å². The summed E-state index contributed by atoms with van der Waals surface area (Å²) in [7, 11) is 0. The quantitative estimate of drug-likeness (QED) is 0.484. The molecule has 0 saturated heterocycles. The summed E-state index contributed by atoms with van der Waals surface area (Å²) < 4.78 is 5.30. The van der Waals surface area contributed by atoms with Crippen LogP contribution in [0.4, 0.5) is 4.79 Å². The molecule has 122 valence electrons. The molecule has 0 saturated carbocycles. The summed E-state index contributed by atoms with van der Waals surface area (Å²) in [5.74, 6) is 0.242. The highest BCUT2D eigenvalue weighted by Gasteiger charge is 2.17. The lowest BCUT2D eigenvalue weighted by Crippen LogP contribution is -2.39. The Morgan fingerprint density at radius 3 is 2.64 bits per heavy atom. The smallest absolute Gasteiger partial charge is 0.407 e. The van der Waals surface area contributed by atoms with Crippen molar-refractivity contribution in [1.29, 1.82) is 0 Å². The Kier molecular flexibility index (Phi) is 9.04. The van der Waals surface area contributed by atoms with Crippen LogP contribution in [0.2, 0.25) is 0 Å². The van der Waals surface area contributed by atoms with Crippen molar-refractivity contribution in [3.63, 3.8) is 0 Å². The van der Waals surface area contributed by atoms with Crippen molar-refractivity contribution in [1.82, 2.24) is 5.32 Å². The zero-order valence-corrected chi connectivity index (χ0v) is 13.9. The van der Waals surface area contributed by atoms with Gasteiger partial charge in [0.25, 0.3) is 0 Å². The standard InChI is InChI=1S/C19H29NO2/c1-4-6-7-11-14-18(16(3)5-2)20-19(21)22-15-17-12-9-8-10-13-17/h5,8-10,12-13,16,18H,2,4,6-7,11,14-15H2,1,3H3,(H,20,21)/t16-,18-/m1/s1. The van der Waals surface area contributed by atoms with Crippen LogP contribution in [0.25, 0.3) is 0 Å². The monoisotopic (exact) mass is 303 g/mol. The second kappa shape index (κ2) is 10.9. The maximum atomic E-state index is 12.0. The van der Waals surface area contributed by atoms with Crippen LogP contribution < -0.4 is 5.32 Å². The molecule has 1 aromatic rings. The fraction of sp³-hybridized carbons (Fsp3) is 0.526. The van der Waals surface area contributed by atoms with Crippen LogP contribution in [-0.4, -0.2) is 12.1 Å².